The SMILES string of the molecule is CC[C@@H](C(=O)NC(C)(C)C)N(CCc1ccccc1)C(=O)CN(c1ccc(C)cc1)S(=O)(=O)c1ccc(OC)c(OC)c1. The van der Waals surface area contributed by atoms with Gasteiger partial charge in [-0.2, -0.15) is 0 Å². The number of benzene rings is 3. The highest BCUT2D eigenvalue weighted by atomic mass is 32.2. The summed E-state index contributed by atoms with van der Waals surface area (Å²) in [5.41, 5.74) is 1.75. The number of carbonyl (C=O) groups excluding carboxylic acids is 2. The van der Waals surface area contributed by atoms with Crippen molar-refractivity contribution in [2.75, 3.05) is 31.6 Å². The molecule has 0 saturated carbocycles. The first-order valence-corrected chi connectivity index (χ1v) is 15.7. The van der Waals surface area contributed by atoms with Gasteiger partial charge in [0.2, 0.25) is 11.8 Å². The number of amides is 2. The lowest BCUT2D eigenvalue weighted by molar-refractivity contribution is -0.140. The number of carbonyl (C=O) groups is 2. The Hall–Kier alpha value is -4.05. The fraction of sp³-hybridized carbons (Fsp3) is 0.394. The van der Waals surface area contributed by atoms with E-state index in [1.54, 1.807) is 24.3 Å². The zero-order valence-electron chi connectivity index (χ0n) is 26.1. The van der Waals surface area contributed by atoms with Crippen LogP contribution in [0.1, 0.15) is 45.2 Å². The number of rotatable bonds is 13. The number of nitrogens with zero attached hydrogens (tertiary/aromatic N) is 2. The molecule has 0 unspecified atom stereocenters. The molecule has 0 radical (unpaired) electrons. The second-order valence-electron chi connectivity index (χ2n) is 11.4. The third-order valence-electron chi connectivity index (χ3n) is 6.91. The van der Waals surface area contributed by atoms with Crippen molar-refractivity contribution in [2.24, 2.45) is 0 Å². The molecule has 2 amide bonds. The van der Waals surface area contributed by atoms with Crippen LogP contribution in [0.15, 0.2) is 77.7 Å². The smallest absolute Gasteiger partial charge is 0.264 e. The maximum absolute atomic E-state index is 14.2. The number of hydrogen-bond acceptors (Lipinski definition) is 6. The maximum atomic E-state index is 14.2. The van der Waals surface area contributed by atoms with E-state index in [0.29, 0.717) is 24.3 Å². The summed E-state index contributed by atoms with van der Waals surface area (Å²) >= 11 is 0. The van der Waals surface area contributed by atoms with Gasteiger partial charge in [0.25, 0.3) is 10.0 Å². The molecule has 0 aliphatic carbocycles. The molecule has 10 heteroatoms. The van der Waals surface area contributed by atoms with Crippen molar-refractivity contribution < 1.29 is 27.5 Å². The van der Waals surface area contributed by atoms with Crippen LogP contribution in [-0.4, -0.2) is 64.0 Å². The summed E-state index contributed by atoms with van der Waals surface area (Å²) in [6.45, 7) is 9.10. The maximum Gasteiger partial charge on any atom is 0.264 e. The first kappa shape index (κ1) is 33.5. The van der Waals surface area contributed by atoms with Crippen LogP contribution in [0.4, 0.5) is 5.69 Å². The van der Waals surface area contributed by atoms with E-state index < -0.39 is 34.1 Å². The number of methoxy groups -OCH3 is 2. The lowest BCUT2D eigenvalue weighted by atomic mass is 10.1. The topological polar surface area (TPSA) is 105 Å². The van der Waals surface area contributed by atoms with E-state index in [1.165, 1.54) is 37.3 Å². The van der Waals surface area contributed by atoms with Crippen LogP contribution in [0.3, 0.4) is 0 Å². The largest absolute Gasteiger partial charge is 0.493 e. The van der Waals surface area contributed by atoms with Crippen LogP contribution in [0.2, 0.25) is 0 Å². The molecule has 232 valence electrons. The van der Waals surface area contributed by atoms with Gasteiger partial charge in [-0.3, -0.25) is 13.9 Å². The molecule has 3 rings (SSSR count). The molecule has 3 aromatic rings. The average Bonchev–Trinajstić information content (AvgIpc) is 2.97. The number of aryl methyl sites for hydroxylation is 1. The van der Waals surface area contributed by atoms with E-state index in [4.69, 9.17) is 9.47 Å². The van der Waals surface area contributed by atoms with Crippen molar-refractivity contribution in [3.63, 3.8) is 0 Å². The first-order chi connectivity index (χ1) is 20.3. The lowest BCUT2D eigenvalue weighted by Crippen LogP contribution is -2.56. The Labute approximate surface area is 255 Å². The van der Waals surface area contributed by atoms with Crippen LogP contribution in [0.5, 0.6) is 11.5 Å². The predicted octanol–water partition coefficient (Wildman–Crippen LogP) is 4.97. The summed E-state index contributed by atoms with van der Waals surface area (Å²) in [4.78, 5) is 29.0. The minimum Gasteiger partial charge on any atom is -0.493 e. The normalized spacial score (nSPS) is 12.3. The molecule has 0 aliphatic rings. The van der Waals surface area contributed by atoms with Gasteiger partial charge in [-0.25, -0.2) is 8.42 Å². The van der Waals surface area contributed by atoms with Gasteiger partial charge >= 0.3 is 0 Å². The second kappa shape index (κ2) is 14.4. The van der Waals surface area contributed by atoms with Crippen LogP contribution < -0.4 is 19.1 Å². The molecule has 1 N–H and O–H groups in total. The standard InChI is InChI=1S/C33H43N3O6S/c1-8-28(32(38)34-33(3,4)5)35(21-20-25-12-10-9-11-13-25)31(37)23-36(26-16-14-24(2)15-17-26)43(39,40)27-18-19-29(41-6)30(22-27)42-7/h9-19,22,28H,8,20-21,23H2,1-7H3,(H,34,38)/t28-/m0/s1. The van der Waals surface area contributed by atoms with Crippen molar-refractivity contribution in [3.8, 4) is 11.5 Å². The van der Waals surface area contributed by atoms with Gasteiger partial charge in [-0.1, -0.05) is 55.0 Å². The summed E-state index contributed by atoms with van der Waals surface area (Å²) < 4.78 is 40.0. The van der Waals surface area contributed by atoms with Crippen LogP contribution in [0, 0.1) is 6.92 Å². The Kier molecular flexibility index (Phi) is 11.2. The number of sulfonamides is 1. The third-order valence-corrected chi connectivity index (χ3v) is 8.68. The molecule has 0 aliphatic heterocycles. The summed E-state index contributed by atoms with van der Waals surface area (Å²) in [5.74, 6) is -0.159. The molecule has 0 fully saturated rings. The summed E-state index contributed by atoms with van der Waals surface area (Å²) in [6.07, 6.45) is 0.855. The van der Waals surface area contributed by atoms with Gasteiger partial charge in [0.15, 0.2) is 11.5 Å². The van der Waals surface area contributed by atoms with E-state index in [9.17, 15) is 18.0 Å². The van der Waals surface area contributed by atoms with E-state index in [-0.39, 0.29) is 23.1 Å². The van der Waals surface area contributed by atoms with Gasteiger partial charge in [0, 0.05) is 18.2 Å². The Morgan fingerprint density at radius 2 is 1.53 bits per heavy atom. The molecular weight excluding hydrogens is 566 g/mol. The number of hydrogen-bond donors (Lipinski definition) is 1. The van der Waals surface area contributed by atoms with Crippen molar-refractivity contribution >= 4 is 27.5 Å². The zero-order valence-corrected chi connectivity index (χ0v) is 26.9. The fourth-order valence-electron chi connectivity index (χ4n) is 4.69. The third kappa shape index (κ3) is 8.73. The zero-order chi connectivity index (χ0) is 31.8. The first-order valence-electron chi connectivity index (χ1n) is 14.3. The van der Waals surface area contributed by atoms with Crippen LogP contribution in [0.25, 0.3) is 0 Å². The Bertz CT molecular complexity index is 1490. The number of nitrogens with one attached hydrogen (secondary N) is 1. The van der Waals surface area contributed by atoms with Crippen molar-refractivity contribution in [2.45, 2.75) is 63.9 Å². The van der Waals surface area contributed by atoms with Gasteiger partial charge in [0.05, 0.1) is 24.8 Å². The molecule has 0 heterocycles. The molecule has 3 aromatic carbocycles. The number of ether oxygens (including phenoxy) is 2. The minimum atomic E-state index is -4.25. The molecule has 0 spiro atoms. The highest BCUT2D eigenvalue weighted by Crippen LogP contribution is 2.32. The molecular formula is C33H43N3O6S. The lowest BCUT2D eigenvalue weighted by Gasteiger charge is -2.34. The summed E-state index contributed by atoms with van der Waals surface area (Å²) in [7, 11) is -1.36. The van der Waals surface area contributed by atoms with Crippen molar-refractivity contribution in [3.05, 3.63) is 83.9 Å². The summed E-state index contributed by atoms with van der Waals surface area (Å²) in [5, 5.41) is 2.98. The fourth-order valence-corrected chi connectivity index (χ4v) is 6.12. The molecule has 0 aromatic heterocycles. The van der Waals surface area contributed by atoms with Crippen molar-refractivity contribution in [1.82, 2.24) is 10.2 Å². The van der Waals surface area contributed by atoms with Crippen molar-refractivity contribution in [1.29, 1.82) is 0 Å². The van der Waals surface area contributed by atoms with E-state index in [2.05, 4.69) is 5.32 Å². The van der Waals surface area contributed by atoms with E-state index in [1.807, 2.05) is 65.0 Å². The van der Waals surface area contributed by atoms with Gasteiger partial charge in [0.1, 0.15) is 12.6 Å². The minimum absolute atomic E-state index is 0.0631. The Morgan fingerprint density at radius 1 is 0.907 bits per heavy atom. The Balaban J connectivity index is 2.06. The average molecular weight is 610 g/mol. The Morgan fingerprint density at radius 3 is 2.09 bits per heavy atom. The molecule has 1 atom stereocenters. The van der Waals surface area contributed by atoms with Crippen LogP contribution in [-0.2, 0) is 26.0 Å². The van der Waals surface area contributed by atoms with Crippen LogP contribution >= 0.6 is 0 Å². The quantitative estimate of drug-likeness (QED) is 0.293. The summed E-state index contributed by atoms with van der Waals surface area (Å²) in [6, 6.07) is 20.1. The predicted molar refractivity (Wildman–Crippen MR) is 169 cm³/mol. The molecule has 9 nitrogen and oxygen atoms in total. The number of anilines is 1. The molecule has 43 heavy (non-hydrogen) atoms. The van der Waals surface area contributed by atoms with Gasteiger partial charge < -0.3 is 19.7 Å². The molecule has 0 saturated heterocycles. The van der Waals surface area contributed by atoms with Gasteiger partial charge in [-0.05, 0) is 70.4 Å². The van der Waals surface area contributed by atoms with Gasteiger partial charge in [-0.15, -0.1) is 0 Å². The van der Waals surface area contributed by atoms with E-state index >= 15 is 0 Å². The highest BCUT2D eigenvalue weighted by molar-refractivity contribution is 7.92. The molecule has 0 bridgehead atoms. The monoisotopic (exact) mass is 609 g/mol. The van der Waals surface area contributed by atoms with E-state index in [0.717, 1.165) is 15.4 Å². The highest BCUT2D eigenvalue weighted by Gasteiger charge is 2.34. The second-order valence-corrected chi connectivity index (χ2v) is 13.2.